The summed E-state index contributed by atoms with van der Waals surface area (Å²) in [7, 11) is 0. The molecule has 0 unspecified atom stereocenters. The zero-order valence-corrected chi connectivity index (χ0v) is 9.82. The van der Waals surface area contributed by atoms with Gasteiger partial charge in [0.05, 0.1) is 6.10 Å². The van der Waals surface area contributed by atoms with Crippen LogP contribution in [0.3, 0.4) is 0 Å². The van der Waals surface area contributed by atoms with E-state index in [1.807, 2.05) is 6.07 Å². The van der Waals surface area contributed by atoms with Gasteiger partial charge >= 0.3 is 0 Å². The lowest BCUT2D eigenvalue weighted by Gasteiger charge is -2.06. The van der Waals surface area contributed by atoms with Crippen molar-refractivity contribution in [1.29, 1.82) is 0 Å². The fraction of sp³-hybridized carbons (Fsp3) is 0.400. The molecule has 0 atom stereocenters. The number of hydrogen-bond donors (Lipinski definition) is 0. The van der Waals surface area contributed by atoms with Crippen LogP contribution in [0.1, 0.15) is 12.8 Å². The molecule has 3 heteroatoms. The highest BCUT2D eigenvalue weighted by Crippen LogP contribution is 2.31. The van der Waals surface area contributed by atoms with E-state index in [9.17, 15) is 0 Å². The molecule has 0 heterocycles. The maximum Gasteiger partial charge on any atom is 0.121 e. The minimum absolute atomic E-state index is 0.476. The van der Waals surface area contributed by atoms with E-state index in [0.717, 1.165) is 10.2 Å². The van der Waals surface area contributed by atoms with E-state index in [-0.39, 0.29) is 0 Å². The van der Waals surface area contributed by atoms with Crippen LogP contribution in [0, 0.1) is 0 Å². The summed E-state index contributed by atoms with van der Waals surface area (Å²) in [6.45, 7) is 0. The van der Waals surface area contributed by atoms with Gasteiger partial charge in [0.15, 0.2) is 0 Å². The van der Waals surface area contributed by atoms with Crippen molar-refractivity contribution in [2.45, 2.75) is 23.8 Å². The van der Waals surface area contributed by atoms with E-state index in [1.54, 1.807) is 11.8 Å². The first-order valence-electron chi connectivity index (χ1n) is 4.29. The van der Waals surface area contributed by atoms with Gasteiger partial charge in [0, 0.05) is 9.37 Å². The number of benzene rings is 1. The number of ether oxygens (including phenoxy) is 1. The Morgan fingerprint density at radius 1 is 1.38 bits per heavy atom. The molecule has 0 aliphatic heterocycles. The molecule has 0 radical (unpaired) electrons. The molecule has 0 spiro atoms. The maximum absolute atomic E-state index is 5.71. The number of hydrogen-bond acceptors (Lipinski definition) is 2. The molecule has 0 amide bonds. The Balaban J connectivity index is 2.17. The Labute approximate surface area is 91.0 Å². The van der Waals surface area contributed by atoms with Gasteiger partial charge in [-0.3, -0.25) is 0 Å². The van der Waals surface area contributed by atoms with Gasteiger partial charge in [-0.15, -0.1) is 11.8 Å². The third kappa shape index (κ3) is 2.64. The van der Waals surface area contributed by atoms with Crippen molar-refractivity contribution < 1.29 is 4.74 Å². The van der Waals surface area contributed by atoms with Gasteiger partial charge in [0.2, 0.25) is 0 Å². The summed E-state index contributed by atoms with van der Waals surface area (Å²) in [6, 6.07) is 6.22. The van der Waals surface area contributed by atoms with Crippen molar-refractivity contribution in [2.75, 3.05) is 6.26 Å². The monoisotopic (exact) mass is 258 g/mol. The zero-order valence-electron chi connectivity index (χ0n) is 7.42. The van der Waals surface area contributed by atoms with Crippen LogP contribution < -0.4 is 4.74 Å². The van der Waals surface area contributed by atoms with E-state index in [1.165, 1.54) is 17.7 Å². The molecular weight excluding hydrogens is 248 g/mol. The summed E-state index contributed by atoms with van der Waals surface area (Å²) in [5, 5.41) is 0. The molecule has 1 fully saturated rings. The zero-order chi connectivity index (χ0) is 9.26. The number of halogens is 1. The molecule has 13 heavy (non-hydrogen) atoms. The van der Waals surface area contributed by atoms with Crippen molar-refractivity contribution in [3.05, 3.63) is 22.7 Å². The van der Waals surface area contributed by atoms with Gasteiger partial charge in [-0.2, -0.15) is 0 Å². The van der Waals surface area contributed by atoms with E-state index >= 15 is 0 Å². The summed E-state index contributed by atoms with van der Waals surface area (Å²) >= 11 is 5.21. The Hall–Kier alpha value is -0.150. The smallest absolute Gasteiger partial charge is 0.121 e. The summed E-state index contributed by atoms with van der Waals surface area (Å²) in [4.78, 5) is 1.24. The predicted octanol–water partition coefficient (Wildman–Crippen LogP) is 3.71. The van der Waals surface area contributed by atoms with Gasteiger partial charge < -0.3 is 4.74 Å². The standard InChI is InChI=1S/C10H11BrOS/c1-13-10-5-7(11)4-9(6-10)12-8-2-3-8/h4-6,8H,2-3H2,1H3. The molecule has 1 nitrogen and oxygen atoms in total. The molecule has 1 aliphatic rings. The van der Waals surface area contributed by atoms with Gasteiger partial charge in [0.25, 0.3) is 0 Å². The Morgan fingerprint density at radius 3 is 2.77 bits per heavy atom. The molecule has 2 rings (SSSR count). The van der Waals surface area contributed by atoms with E-state index < -0.39 is 0 Å². The van der Waals surface area contributed by atoms with Crippen LogP contribution in [-0.2, 0) is 0 Å². The minimum Gasteiger partial charge on any atom is -0.490 e. The van der Waals surface area contributed by atoms with Crippen LogP contribution in [0.2, 0.25) is 0 Å². The molecule has 0 aromatic heterocycles. The van der Waals surface area contributed by atoms with Crippen LogP contribution >= 0.6 is 27.7 Å². The van der Waals surface area contributed by atoms with Crippen LogP contribution in [-0.4, -0.2) is 12.4 Å². The Morgan fingerprint density at radius 2 is 2.15 bits per heavy atom. The van der Waals surface area contributed by atoms with Gasteiger partial charge in [-0.25, -0.2) is 0 Å². The lowest BCUT2D eigenvalue weighted by Crippen LogP contribution is -1.95. The highest BCUT2D eigenvalue weighted by Gasteiger charge is 2.23. The largest absolute Gasteiger partial charge is 0.490 e. The summed E-state index contributed by atoms with van der Waals surface area (Å²) in [5.41, 5.74) is 0. The van der Waals surface area contributed by atoms with Gasteiger partial charge in [-0.1, -0.05) is 15.9 Å². The summed E-state index contributed by atoms with van der Waals surface area (Å²) in [5.74, 6) is 0.987. The Bertz CT molecular complexity index is 310. The third-order valence-electron chi connectivity index (χ3n) is 1.91. The van der Waals surface area contributed by atoms with Crippen LogP contribution in [0.15, 0.2) is 27.6 Å². The molecule has 70 valence electrons. The fourth-order valence-corrected chi connectivity index (χ4v) is 2.20. The normalized spacial score (nSPS) is 15.8. The third-order valence-corrected chi connectivity index (χ3v) is 3.07. The first-order chi connectivity index (χ1) is 6.28. The first-order valence-corrected chi connectivity index (χ1v) is 6.31. The lowest BCUT2D eigenvalue weighted by atomic mass is 10.3. The molecule has 0 N–H and O–H groups in total. The molecule has 1 saturated carbocycles. The molecular formula is C10H11BrOS. The molecule has 1 aliphatic carbocycles. The average molecular weight is 259 g/mol. The summed E-state index contributed by atoms with van der Waals surface area (Å²) in [6.07, 6.45) is 4.97. The highest BCUT2D eigenvalue weighted by molar-refractivity contribution is 9.10. The second kappa shape index (κ2) is 3.93. The van der Waals surface area contributed by atoms with Crippen LogP contribution in [0.4, 0.5) is 0 Å². The molecule has 0 bridgehead atoms. The molecule has 1 aromatic rings. The van der Waals surface area contributed by atoms with Crippen molar-refractivity contribution in [1.82, 2.24) is 0 Å². The fourth-order valence-electron chi connectivity index (χ4n) is 1.10. The maximum atomic E-state index is 5.71. The van der Waals surface area contributed by atoms with Gasteiger partial charge in [-0.05, 0) is 37.3 Å². The van der Waals surface area contributed by atoms with Crippen LogP contribution in [0.5, 0.6) is 5.75 Å². The molecule has 0 saturated heterocycles. The van der Waals surface area contributed by atoms with Crippen molar-refractivity contribution in [2.24, 2.45) is 0 Å². The minimum atomic E-state index is 0.476. The summed E-state index contributed by atoms with van der Waals surface area (Å²) < 4.78 is 6.80. The first kappa shape index (κ1) is 9.41. The van der Waals surface area contributed by atoms with Crippen molar-refractivity contribution in [3.8, 4) is 5.75 Å². The second-order valence-corrected chi connectivity index (χ2v) is 4.94. The lowest BCUT2D eigenvalue weighted by molar-refractivity contribution is 0.302. The van der Waals surface area contributed by atoms with E-state index in [2.05, 4.69) is 34.3 Å². The number of rotatable bonds is 3. The van der Waals surface area contributed by atoms with Crippen molar-refractivity contribution in [3.63, 3.8) is 0 Å². The molecule has 1 aromatic carbocycles. The second-order valence-electron chi connectivity index (χ2n) is 3.14. The van der Waals surface area contributed by atoms with Gasteiger partial charge in [0.1, 0.15) is 5.75 Å². The van der Waals surface area contributed by atoms with Crippen LogP contribution in [0.25, 0.3) is 0 Å². The number of thioether (sulfide) groups is 1. The Kier molecular flexibility index (Phi) is 2.84. The highest BCUT2D eigenvalue weighted by atomic mass is 79.9. The van der Waals surface area contributed by atoms with E-state index in [0.29, 0.717) is 6.10 Å². The SMILES string of the molecule is CSc1cc(Br)cc(OC2CC2)c1. The van der Waals surface area contributed by atoms with Crippen molar-refractivity contribution >= 4 is 27.7 Å². The topological polar surface area (TPSA) is 9.23 Å². The quantitative estimate of drug-likeness (QED) is 0.765. The predicted molar refractivity (Wildman–Crippen MR) is 59.6 cm³/mol. The average Bonchev–Trinajstić information content (AvgIpc) is 2.87. The van der Waals surface area contributed by atoms with E-state index in [4.69, 9.17) is 4.74 Å².